The molecule has 1 N–H and O–H groups in total. The number of nitrogens with one attached hydrogen (secondary N) is 1. The molecule has 6 nitrogen and oxygen atoms in total. The molecule has 3 rings (SSSR count). The molecule has 28 heavy (non-hydrogen) atoms. The number of amides is 1. The van der Waals surface area contributed by atoms with Crippen molar-refractivity contribution in [2.45, 2.75) is 30.7 Å². The highest BCUT2D eigenvalue weighted by molar-refractivity contribution is 7.89. The summed E-state index contributed by atoms with van der Waals surface area (Å²) in [5, 5.41) is 3.27. The summed E-state index contributed by atoms with van der Waals surface area (Å²) in [5.74, 6) is 0.210. The normalized spacial score (nSPS) is 15.2. The van der Waals surface area contributed by atoms with Crippen LogP contribution in [0, 0.1) is 0 Å². The SMILES string of the molecule is O=C(COc1cccc(Cl)c1)NCc1cccc(S(=O)(=O)N2CCCCC2)c1. The van der Waals surface area contributed by atoms with E-state index in [-0.39, 0.29) is 24.0 Å². The number of rotatable bonds is 7. The third-order valence-electron chi connectivity index (χ3n) is 4.51. The molecule has 0 radical (unpaired) electrons. The summed E-state index contributed by atoms with van der Waals surface area (Å²) < 4.78 is 32.5. The van der Waals surface area contributed by atoms with Crippen LogP contribution in [-0.2, 0) is 21.4 Å². The van der Waals surface area contributed by atoms with Crippen LogP contribution in [0.2, 0.25) is 5.02 Å². The molecule has 0 spiro atoms. The van der Waals surface area contributed by atoms with E-state index in [1.165, 1.54) is 4.31 Å². The van der Waals surface area contributed by atoms with Crippen LogP contribution in [0.3, 0.4) is 0 Å². The quantitative estimate of drug-likeness (QED) is 0.743. The van der Waals surface area contributed by atoms with Crippen molar-refractivity contribution in [3.05, 3.63) is 59.1 Å². The van der Waals surface area contributed by atoms with Crippen molar-refractivity contribution in [2.24, 2.45) is 0 Å². The van der Waals surface area contributed by atoms with E-state index in [0.29, 0.717) is 29.4 Å². The van der Waals surface area contributed by atoms with Crippen LogP contribution in [0.4, 0.5) is 0 Å². The summed E-state index contributed by atoms with van der Waals surface area (Å²) in [5.41, 5.74) is 0.717. The summed E-state index contributed by atoms with van der Waals surface area (Å²) in [6.45, 7) is 1.20. The maximum atomic E-state index is 12.8. The maximum absolute atomic E-state index is 12.8. The van der Waals surface area contributed by atoms with E-state index in [2.05, 4.69) is 5.32 Å². The molecule has 2 aromatic rings. The van der Waals surface area contributed by atoms with Gasteiger partial charge in [-0.25, -0.2) is 8.42 Å². The number of hydrogen-bond acceptors (Lipinski definition) is 4. The van der Waals surface area contributed by atoms with Gasteiger partial charge in [-0.05, 0) is 48.7 Å². The van der Waals surface area contributed by atoms with E-state index in [9.17, 15) is 13.2 Å². The predicted octanol–water partition coefficient (Wildman–Crippen LogP) is 3.21. The van der Waals surface area contributed by atoms with Gasteiger partial charge < -0.3 is 10.1 Å². The highest BCUT2D eigenvalue weighted by Gasteiger charge is 2.25. The van der Waals surface area contributed by atoms with Gasteiger partial charge >= 0.3 is 0 Å². The molecule has 1 saturated heterocycles. The van der Waals surface area contributed by atoms with Gasteiger partial charge in [0.2, 0.25) is 10.0 Å². The Hall–Kier alpha value is -2.09. The number of piperidine rings is 1. The van der Waals surface area contributed by atoms with E-state index < -0.39 is 10.0 Å². The maximum Gasteiger partial charge on any atom is 0.258 e. The predicted molar refractivity (Wildman–Crippen MR) is 108 cm³/mol. The van der Waals surface area contributed by atoms with Gasteiger partial charge in [0, 0.05) is 24.7 Å². The Labute approximate surface area is 170 Å². The van der Waals surface area contributed by atoms with Gasteiger partial charge in [-0.3, -0.25) is 4.79 Å². The second kappa shape index (κ2) is 9.41. The number of carbonyl (C=O) groups is 1. The number of benzene rings is 2. The fourth-order valence-corrected chi connectivity index (χ4v) is 4.80. The van der Waals surface area contributed by atoms with Gasteiger partial charge in [0.1, 0.15) is 5.75 Å². The van der Waals surface area contributed by atoms with E-state index in [4.69, 9.17) is 16.3 Å². The van der Waals surface area contributed by atoms with E-state index >= 15 is 0 Å². The van der Waals surface area contributed by atoms with Crippen molar-refractivity contribution in [3.8, 4) is 5.75 Å². The number of carbonyl (C=O) groups excluding carboxylic acids is 1. The first-order valence-electron chi connectivity index (χ1n) is 9.19. The van der Waals surface area contributed by atoms with Crippen molar-refractivity contribution in [1.82, 2.24) is 9.62 Å². The minimum Gasteiger partial charge on any atom is -0.484 e. The van der Waals surface area contributed by atoms with E-state index in [1.807, 2.05) is 0 Å². The zero-order valence-electron chi connectivity index (χ0n) is 15.4. The Balaban J connectivity index is 1.56. The summed E-state index contributed by atoms with van der Waals surface area (Å²) >= 11 is 5.88. The highest BCUT2D eigenvalue weighted by atomic mass is 35.5. The summed E-state index contributed by atoms with van der Waals surface area (Å²) in [7, 11) is -3.49. The molecule has 8 heteroatoms. The molecular formula is C20H23ClN2O4S. The largest absolute Gasteiger partial charge is 0.484 e. The smallest absolute Gasteiger partial charge is 0.258 e. The molecule has 1 amide bonds. The van der Waals surface area contributed by atoms with Crippen LogP contribution in [0.1, 0.15) is 24.8 Å². The van der Waals surface area contributed by atoms with Crippen LogP contribution in [0.5, 0.6) is 5.75 Å². The van der Waals surface area contributed by atoms with E-state index in [0.717, 1.165) is 19.3 Å². The Kier molecular flexibility index (Phi) is 6.93. The molecule has 1 fully saturated rings. The van der Waals surface area contributed by atoms with Gasteiger partial charge in [-0.15, -0.1) is 0 Å². The van der Waals surface area contributed by atoms with Crippen LogP contribution < -0.4 is 10.1 Å². The fraction of sp³-hybridized carbons (Fsp3) is 0.350. The van der Waals surface area contributed by atoms with E-state index in [1.54, 1.807) is 48.5 Å². The molecule has 0 bridgehead atoms. The van der Waals surface area contributed by atoms with Crippen molar-refractivity contribution in [2.75, 3.05) is 19.7 Å². The Morgan fingerprint density at radius 3 is 2.57 bits per heavy atom. The number of ether oxygens (including phenoxy) is 1. The second-order valence-electron chi connectivity index (χ2n) is 6.63. The first-order valence-corrected chi connectivity index (χ1v) is 11.0. The Morgan fingerprint density at radius 1 is 1.07 bits per heavy atom. The van der Waals surface area contributed by atoms with Crippen LogP contribution in [0.25, 0.3) is 0 Å². The summed E-state index contributed by atoms with van der Waals surface area (Å²) in [4.78, 5) is 12.3. The van der Waals surface area contributed by atoms with Crippen LogP contribution >= 0.6 is 11.6 Å². The number of halogens is 1. The average Bonchev–Trinajstić information content (AvgIpc) is 2.71. The highest BCUT2D eigenvalue weighted by Crippen LogP contribution is 2.21. The van der Waals surface area contributed by atoms with Gasteiger partial charge in [0.15, 0.2) is 6.61 Å². The molecule has 0 aromatic heterocycles. The zero-order chi connectivity index (χ0) is 20.0. The lowest BCUT2D eigenvalue weighted by molar-refractivity contribution is -0.123. The molecule has 1 aliphatic heterocycles. The van der Waals surface area contributed by atoms with Gasteiger partial charge in [-0.2, -0.15) is 4.31 Å². The Bertz CT molecular complexity index is 927. The fourth-order valence-electron chi connectivity index (χ4n) is 3.03. The van der Waals surface area contributed by atoms with Crippen LogP contribution in [-0.4, -0.2) is 38.3 Å². The van der Waals surface area contributed by atoms with Crippen molar-refractivity contribution in [3.63, 3.8) is 0 Å². The standard InChI is InChI=1S/C20H23ClN2O4S/c21-17-7-5-8-18(13-17)27-15-20(24)22-14-16-6-4-9-19(12-16)28(25,26)23-10-2-1-3-11-23/h4-9,12-13H,1-3,10-11,14-15H2,(H,22,24). The lowest BCUT2D eigenvalue weighted by atomic mass is 10.2. The third kappa shape index (κ3) is 5.47. The first-order chi connectivity index (χ1) is 13.4. The molecule has 150 valence electrons. The second-order valence-corrected chi connectivity index (χ2v) is 9.01. The number of hydrogen-bond donors (Lipinski definition) is 1. The van der Waals surface area contributed by atoms with Crippen molar-refractivity contribution >= 4 is 27.5 Å². The van der Waals surface area contributed by atoms with Gasteiger partial charge in [0.25, 0.3) is 5.91 Å². The molecule has 1 heterocycles. The molecule has 1 aliphatic rings. The Morgan fingerprint density at radius 2 is 1.82 bits per heavy atom. The number of nitrogens with zero attached hydrogens (tertiary/aromatic N) is 1. The molecular weight excluding hydrogens is 400 g/mol. The van der Waals surface area contributed by atoms with Gasteiger partial charge in [0.05, 0.1) is 4.90 Å². The van der Waals surface area contributed by atoms with Crippen LogP contribution in [0.15, 0.2) is 53.4 Å². The topological polar surface area (TPSA) is 75.7 Å². The summed E-state index contributed by atoms with van der Waals surface area (Å²) in [6.07, 6.45) is 2.85. The molecule has 0 aliphatic carbocycles. The lowest BCUT2D eigenvalue weighted by Gasteiger charge is -2.26. The zero-order valence-corrected chi connectivity index (χ0v) is 17.0. The monoisotopic (exact) mass is 422 g/mol. The molecule has 0 unspecified atom stereocenters. The minimum absolute atomic E-state index is 0.147. The third-order valence-corrected chi connectivity index (χ3v) is 6.64. The number of sulfonamides is 1. The summed E-state index contributed by atoms with van der Waals surface area (Å²) in [6, 6.07) is 13.5. The van der Waals surface area contributed by atoms with Gasteiger partial charge in [-0.1, -0.05) is 36.2 Å². The molecule has 2 aromatic carbocycles. The van der Waals surface area contributed by atoms with Crippen molar-refractivity contribution in [1.29, 1.82) is 0 Å². The first kappa shape index (κ1) is 20.6. The minimum atomic E-state index is -3.49. The molecule has 0 atom stereocenters. The lowest BCUT2D eigenvalue weighted by Crippen LogP contribution is -2.35. The molecule has 0 saturated carbocycles. The van der Waals surface area contributed by atoms with Crippen molar-refractivity contribution < 1.29 is 17.9 Å². The average molecular weight is 423 g/mol.